The third-order valence-corrected chi connectivity index (χ3v) is 5.81. The van der Waals surface area contributed by atoms with Crippen molar-refractivity contribution >= 4 is 11.5 Å². The van der Waals surface area contributed by atoms with Crippen LogP contribution in [0.25, 0.3) is 0 Å². The zero-order chi connectivity index (χ0) is 16.9. The zero-order valence-corrected chi connectivity index (χ0v) is 13.2. The molecule has 1 unspecified atom stereocenters. The first-order valence-electron chi connectivity index (χ1n) is 8.16. The molecule has 122 valence electrons. The van der Waals surface area contributed by atoms with Crippen molar-refractivity contribution in [3.05, 3.63) is 58.7 Å². The van der Waals surface area contributed by atoms with Gasteiger partial charge in [0.15, 0.2) is 11.3 Å². The van der Waals surface area contributed by atoms with E-state index in [1.54, 1.807) is 18.2 Å². The second kappa shape index (κ2) is 3.99. The number of hydrogen-bond acceptors (Lipinski definition) is 5. The third-order valence-electron chi connectivity index (χ3n) is 5.81. The van der Waals surface area contributed by atoms with Crippen molar-refractivity contribution in [2.24, 2.45) is 11.7 Å². The lowest BCUT2D eigenvalue weighted by atomic mass is 9.84. The SMILES string of the molecule is C[C@@H]1CC1c1ccc2c(c1)O[C@]1(O)c3cccc(N)c3C(=O)[C@]21N. The molecule has 1 saturated carbocycles. The van der Waals surface area contributed by atoms with Gasteiger partial charge in [-0.2, -0.15) is 0 Å². The minimum atomic E-state index is -1.91. The van der Waals surface area contributed by atoms with Crippen LogP contribution in [0.2, 0.25) is 0 Å². The number of aliphatic hydroxyl groups is 1. The van der Waals surface area contributed by atoms with E-state index in [9.17, 15) is 9.90 Å². The van der Waals surface area contributed by atoms with E-state index in [2.05, 4.69) is 6.92 Å². The normalized spacial score (nSPS) is 35.2. The van der Waals surface area contributed by atoms with Crippen LogP contribution in [0.1, 0.15) is 46.3 Å². The first-order chi connectivity index (χ1) is 11.4. The first kappa shape index (κ1) is 14.0. The van der Waals surface area contributed by atoms with Gasteiger partial charge in [0.05, 0.1) is 5.56 Å². The highest BCUT2D eigenvalue weighted by molar-refractivity contribution is 6.13. The van der Waals surface area contributed by atoms with Gasteiger partial charge in [0.2, 0.25) is 0 Å². The molecule has 5 N–H and O–H groups in total. The van der Waals surface area contributed by atoms with Gasteiger partial charge in [0.1, 0.15) is 5.75 Å². The number of rotatable bonds is 1. The Kier molecular flexibility index (Phi) is 2.33. The Labute approximate surface area is 139 Å². The van der Waals surface area contributed by atoms with Crippen molar-refractivity contribution in [2.45, 2.75) is 30.6 Å². The van der Waals surface area contributed by atoms with E-state index in [1.807, 2.05) is 18.2 Å². The second-order valence-corrected chi connectivity index (χ2v) is 7.23. The van der Waals surface area contributed by atoms with Gasteiger partial charge < -0.3 is 21.3 Å². The number of nitrogen functional groups attached to an aromatic ring is 1. The van der Waals surface area contributed by atoms with Crippen molar-refractivity contribution in [1.29, 1.82) is 0 Å². The number of carbonyl (C=O) groups is 1. The van der Waals surface area contributed by atoms with Crippen LogP contribution in [0.4, 0.5) is 5.69 Å². The topological polar surface area (TPSA) is 98.6 Å². The predicted molar refractivity (Wildman–Crippen MR) is 88.5 cm³/mol. The molecule has 5 heteroatoms. The van der Waals surface area contributed by atoms with Crippen molar-refractivity contribution in [3.63, 3.8) is 0 Å². The average molecular weight is 322 g/mol. The Hall–Kier alpha value is -2.37. The van der Waals surface area contributed by atoms with E-state index in [0.29, 0.717) is 34.4 Å². The van der Waals surface area contributed by atoms with Crippen molar-refractivity contribution in [3.8, 4) is 5.75 Å². The van der Waals surface area contributed by atoms with Gasteiger partial charge in [-0.25, -0.2) is 0 Å². The number of carbonyl (C=O) groups excluding carboxylic acids is 1. The molecule has 5 nitrogen and oxygen atoms in total. The lowest BCUT2D eigenvalue weighted by Crippen LogP contribution is -2.55. The lowest BCUT2D eigenvalue weighted by molar-refractivity contribution is -0.162. The molecule has 0 spiro atoms. The summed E-state index contributed by atoms with van der Waals surface area (Å²) in [5.41, 5.74) is 13.3. The van der Waals surface area contributed by atoms with Gasteiger partial charge in [0.25, 0.3) is 5.79 Å². The monoisotopic (exact) mass is 322 g/mol. The molecule has 1 fully saturated rings. The Morgan fingerprint density at radius 1 is 1.25 bits per heavy atom. The largest absolute Gasteiger partial charge is 0.455 e. The highest BCUT2D eigenvalue weighted by Gasteiger charge is 2.69. The maximum Gasteiger partial charge on any atom is 0.265 e. The minimum absolute atomic E-state index is 0.257. The Morgan fingerprint density at radius 3 is 2.71 bits per heavy atom. The summed E-state index contributed by atoms with van der Waals surface area (Å²) >= 11 is 0. The van der Waals surface area contributed by atoms with E-state index in [4.69, 9.17) is 16.2 Å². The highest BCUT2D eigenvalue weighted by atomic mass is 16.6. The maximum atomic E-state index is 13.0. The molecule has 4 atom stereocenters. The third kappa shape index (κ3) is 1.37. The fourth-order valence-electron chi connectivity index (χ4n) is 4.24. The van der Waals surface area contributed by atoms with Gasteiger partial charge in [0, 0.05) is 16.8 Å². The highest BCUT2D eigenvalue weighted by Crippen LogP contribution is 2.58. The molecule has 2 aromatic rings. The summed E-state index contributed by atoms with van der Waals surface area (Å²) in [5.74, 6) is -0.657. The number of benzene rings is 2. The molecular formula is C19H18N2O3. The molecule has 24 heavy (non-hydrogen) atoms. The fourth-order valence-corrected chi connectivity index (χ4v) is 4.24. The second-order valence-electron chi connectivity index (χ2n) is 7.23. The summed E-state index contributed by atoms with van der Waals surface area (Å²) in [4.78, 5) is 13.0. The molecule has 0 aromatic heterocycles. The van der Waals surface area contributed by atoms with Crippen LogP contribution in [0.15, 0.2) is 36.4 Å². The van der Waals surface area contributed by atoms with E-state index in [-0.39, 0.29) is 5.56 Å². The van der Waals surface area contributed by atoms with Crippen LogP contribution in [-0.4, -0.2) is 10.9 Å². The van der Waals surface area contributed by atoms with Gasteiger partial charge in [-0.15, -0.1) is 0 Å². The van der Waals surface area contributed by atoms with E-state index in [0.717, 1.165) is 12.0 Å². The van der Waals surface area contributed by atoms with Gasteiger partial charge in [-0.3, -0.25) is 4.79 Å². The lowest BCUT2D eigenvalue weighted by Gasteiger charge is -2.29. The average Bonchev–Trinajstić information content (AvgIpc) is 3.19. The van der Waals surface area contributed by atoms with Crippen molar-refractivity contribution in [2.75, 3.05) is 5.73 Å². The fraction of sp³-hybridized carbons (Fsp3) is 0.316. The molecule has 2 aliphatic carbocycles. The molecule has 0 saturated heterocycles. The molecule has 0 bridgehead atoms. The van der Waals surface area contributed by atoms with Crippen LogP contribution in [0.5, 0.6) is 5.75 Å². The summed E-state index contributed by atoms with van der Waals surface area (Å²) < 4.78 is 5.88. The van der Waals surface area contributed by atoms with Crippen LogP contribution >= 0.6 is 0 Å². The van der Waals surface area contributed by atoms with Gasteiger partial charge in [-0.05, 0) is 36.0 Å². The van der Waals surface area contributed by atoms with Gasteiger partial charge in [-0.1, -0.05) is 31.2 Å². The van der Waals surface area contributed by atoms with Crippen molar-refractivity contribution < 1.29 is 14.6 Å². The molecule has 0 radical (unpaired) electrons. The molecule has 5 rings (SSSR count). The molecule has 3 aliphatic rings. The summed E-state index contributed by atoms with van der Waals surface area (Å²) in [5, 5.41) is 11.2. The first-order valence-corrected chi connectivity index (χ1v) is 8.16. The van der Waals surface area contributed by atoms with Crippen LogP contribution < -0.4 is 16.2 Å². The smallest absolute Gasteiger partial charge is 0.265 e. The standard InChI is InChI=1S/C19H18N2O3/c1-9-7-11(9)10-5-6-12-15(8-10)24-19(23)13-3-2-4-14(20)16(13)17(22)18(12,19)21/h2-6,8-9,11,23H,7,20-21H2,1H3/t9-,11?,18-,19-/m1/s1. The molecule has 1 heterocycles. The number of nitrogens with two attached hydrogens (primary N) is 2. The summed E-state index contributed by atoms with van der Waals surface area (Å²) in [6, 6.07) is 10.7. The molecule has 0 amide bonds. The molecule has 1 aliphatic heterocycles. The quantitative estimate of drug-likeness (QED) is 0.697. The molecular weight excluding hydrogens is 304 g/mol. The van der Waals surface area contributed by atoms with E-state index < -0.39 is 17.1 Å². The van der Waals surface area contributed by atoms with E-state index in [1.165, 1.54) is 0 Å². The predicted octanol–water partition coefficient (Wildman–Crippen LogP) is 1.98. The molecule has 2 aromatic carbocycles. The van der Waals surface area contributed by atoms with Crippen LogP contribution in [0.3, 0.4) is 0 Å². The summed E-state index contributed by atoms with van der Waals surface area (Å²) in [6.45, 7) is 2.20. The Morgan fingerprint density at radius 2 is 2.00 bits per heavy atom. The van der Waals surface area contributed by atoms with Gasteiger partial charge >= 0.3 is 0 Å². The minimum Gasteiger partial charge on any atom is -0.455 e. The van der Waals surface area contributed by atoms with E-state index >= 15 is 0 Å². The number of Topliss-reactive ketones (excluding diaryl/α,β-unsaturated/α-hetero) is 1. The Bertz CT molecular complexity index is 925. The van der Waals surface area contributed by atoms with Crippen LogP contribution in [0, 0.1) is 5.92 Å². The number of ether oxygens (including phenoxy) is 1. The summed E-state index contributed by atoms with van der Waals surface area (Å²) in [7, 11) is 0. The van der Waals surface area contributed by atoms with Crippen molar-refractivity contribution in [1.82, 2.24) is 0 Å². The number of anilines is 1. The zero-order valence-electron chi connectivity index (χ0n) is 13.2. The maximum absolute atomic E-state index is 13.0. The van der Waals surface area contributed by atoms with Crippen LogP contribution in [-0.2, 0) is 11.3 Å². The summed E-state index contributed by atoms with van der Waals surface area (Å²) in [6.07, 6.45) is 1.15. The Balaban J connectivity index is 1.71. The number of ketones is 1. The number of hydrogen-bond donors (Lipinski definition) is 3. The number of fused-ring (bicyclic) bond motifs is 5.